The van der Waals surface area contributed by atoms with Crippen molar-refractivity contribution in [3.05, 3.63) is 82.9 Å². The van der Waals surface area contributed by atoms with Crippen molar-refractivity contribution in [2.75, 3.05) is 13.1 Å². The molecule has 0 bridgehead atoms. The number of rotatable bonds is 6. The Bertz CT molecular complexity index is 1320. The van der Waals surface area contributed by atoms with E-state index >= 15 is 0 Å². The summed E-state index contributed by atoms with van der Waals surface area (Å²) in [6.45, 7) is 5.37. The molecule has 180 valence electrons. The third-order valence-electron chi connectivity index (χ3n) is 6.82. The Morgan fingerprint density at radius 3 is 2.37 bits per heavy atom. The van der Waals surface area contributed by atoms with Crippen LogP contribution in [0, 0.1) is 6.92 Å². The summed E-state index contributed by atoms with van der Waals surface area (Å²) in [4.78, 5) is 29.9. The van der Waals surface area contributed by atoms with Crippen LogP contribution in [-0.2, 0) is 4.79 Å². The van der Waals surface area contributed by atoms with Gasteiger partial charge in [0.1, 0.15) is 4.83 Å². The van der Waals surface area contributed by atoms with Crippen LogP contribution in [0.4, 0.5) is 0 Å². The van der Waals surface area contributed by atoms with E-state index in [9.17, 15) is 9.59 Å². The molecule has 4 aromatic rings. The highest BCUT2D eigenvalue weighted by Gasteiger charge is 2.29. The molecule has 6 nitrogen and oxygen atoms in total. The highest BCUT2D eigenvalue weighted by molar-refractivity contribution is 7.20. The lowest BCUT2D eigenvalue weighted by molar-refractivity contribution is -0.134. The Morgan fingerprint density at radius 2 is 1.71 bits per heavy atom. The number of fused-ring (bicyclic) bond motifs is 1. The molecule has 0 aliphatic carbocycles. The van der Waals surface area contributed by atoms with Crippen LogP contribution in [0.15, 0.2) is 66.7 Å². The number of thiophene rings is 1. The third kappa shape index (κ3) is 4.73. The molecule has 1 fully saturated rings. The number of nitrogens with zero attached hydrogens (tertiary/aromatic N) is 3. The summed E-state index contributed by atoms with van der Waals surface area (Å²) in [6, 6.07) is 22.0. The average Bonchev–Trinajstić information content (AvgIpc) is 3.47. The first kappa shape index (κ1) is 23.3. The number of hydrogen-bond donors (Lipinski definition) is 1. The second kappa shape index (κ2) is 10.0. The summed E-state index contributed by atoms with van der Waals surface area (Å²) < 4.78 is 1.91. The molecule has 1 aliphatic heterocycles. The van der Waals surface area contributed by atoms with Gasteiger partial charge < -0.3 is 10.2 Å². The Balaban J connectivity index is 1.23. The molecular formula is C28H30N4O2S. The standard InChI is InChI=1S/C28H30N4O2S/c1-3-23(20-10-6-4-7-11-20)27(34)31-16-14-21(15-17-31)29-26(33)25-18-24-19(2)30-32(28(24)35-25)22-12-8-5-9-13-22/h4-13,18,21,23H,3,14-17H2,1-2H3,(H,29,33). The highest BCUT2D eigenvalue weighted by atomic mass is 32.1. The molecule has 1 unspecified atom stereocenters. The topological polar surface area (TPSA) is 67.2 Å². The molecule has 0 spiro atoms. The Morgan fingerprint density at radius 1 is 1.06 bits per heavy atom. The third-order valence-corrected chi connectivity index (χ3v) is 7.93. The summed E-state index contributed by atoms with van der Waals surface area (Å²) in [5.74, 6) is 0.0351. The van der Waals surface area contributed by atoms with Gasteiger partial charge in [-0.15, -0.1) is 11.3 Å². The zero-order valence-corrected chi connectivity index (χ0v) is 20.9. The average molecular weight is 487 g/mol. The predicted octanol–water partition coefficient (Wildman–Crippen LogP) is 5.31. The van der Waals surface area contributed by atoms with Crippen LogP contribution in [0.5, 0.6) is 0 Å². The Kier molecular flexibility index (Phi) is 6.68. The number of likely N-dealkylation sites (tertiary alicyclic amines) is 1. The number of hydrogen-bond acceptors (Lipinski definition) is 4. The van der Waals surface area contributed by atoms with E-state index in [0.29, 0.717) is 18.0 Å². The van der Waals surface area contributed by atoms with Gasteiger partial charge in [0.25, 0.3) is 5.91 Å². The Labute approximate surface area is 209 Å². The normalized spacial score (nSPS) is 15.3. The van der Waals surface area contributed by atoms with E-state index in [0.717, 1.165) is 46.4 Å². The number of piperidine rings is 1. The van der Waals surface area contributed by atoms with Gasteiger partial charge in [0.15, 0.2) is 0 Å². The molecule has 2 amide bonds. The van der Waals surface area contributed by atoms with Crippen LogP contribution < -0.4 is 5.32 Å². The van der Waals surface area contributed by atoms with Gasteiger partial charge in [-0.1, -0.05) is 55.5 Å². The second-order valence-electron chi connectivity index (χ2n) is 9.11. The number of para-hydroxylation sites is 1. The lowest BCUT2D eigenvalue weighted by Crippen LogP contribution is -2.47. The zero-order valence-electron chi connectivity index (χ0n) is 20.1. The fourth-order valence-corrected chi connectivity index (χ4v) is 5.95. The van der Waals surface area contributed by atoms with Crippen molar-refractivity contribution >= 4 is 33.4 Å². The molecule has 0 radical (unpaired) electrons. The van der Waals surface area contributed by atoms with Crippen molar-refractivity contribution in [2.24, 2.45) is 0 Å². The summed E-state index contributed by atoms with van der Waals surface area (Å²) in [5.41, 5.74) is 2.97. The molecule has 1 atom stereocenters. The van der Waals surface area contributed by atoms with Crippen molar-refractivity contribution in [3.8, 4) is 5.69 Å². The van der Waals surface area contributed by atoms with Gasteiger partial charge in [-0.3, -0.25) is 9.59 Å². The number of carbonyl (C=O) groups is 2. The molecule has 1 saturated heterocycles. The van der Waals surface area contributed by atoms with Gasteiger partial charge >= 0.3 is 0 Å². The van der Waals surface area contributed by atoms with E-state index in [1.807, 2.05) is 83.2 Å². The van der Waals surface area contributed by atoms with Crippen LogP contribution >= 0.6 is 11.3 Å². The van der Waals surface area contributed by atoms with Crippen LogP contribution in [0.25, 0.3) is 15.9 Å². The van der Waals surface area contributed by atoms with Crippen LogP contribution in [0.1, 0.15) is 53.0 Å². The first-order valence-corrected chi connectivity index (χ1v) is 13.1. The van der Waals surface area contributed by atoms with E-state index < -0.39 is 0 Å². The maximum absolute atomic E-state index is 13.2. The van der Waals surface area contributed by atoms with E-state index in [4.69, 9.17) is 0 Å². The maximum Gasteiger partial charge on any atom is 0.261 e. The zero-order chi connectivity index (χ0) is 24.4. The second-order valence-corrected chi connectivity index (χ2v) is 10.1. The van der Waals surface area contributed by atoms with Crippen molar-refractivity contribution in [3.63, 3.8) is 0 Å². The van der Waals surface area contributed by atoms with Gasteiger partial charge in [-0.2, -0.15) is 5.10 Å². The number of nitrogens with one attached hydrogen (secondary N) is 1. The van der Waals surface area contributed by atoms with Crippen molar-refractivity contribution < 1.29 is 9.59 Å². The summed E-state index contributed by atoms with van der Waals surface area (Å²) in [7, 11) is 0. The first-order chi connectivity index (χ1) is 17.0. The van der Waals surface area contributed by atoms with Crippen molar-refractivity contribution in [1.29, 1.82) is 0 Å². The van der Waals surface area contributed by atoms with E-state index in [2.05, 4.69) is 17.3 Å². The van der Waals surface area contributed by atoms with E-state index in [1.54, 1.807) is 0 Å². The number of amides is 2. The number of carbonyl (C=O) groups excluding carboxylic acids is 2. The monoisotopic (exact) mass is 486 g/mol. The largest absolute Gasteiger partial charge is 0.348 e. The lowest BCUT2D eigenvalue weighted by Gasteiger charge is -2.34. The molecule has 2 aromatic carbocycles. The molecule has 7 heteroatoms. The highest BCUT2D eigenvalue weighted by Crippen LogP contribution is 2.31. The smallest absolute Gasteiger partial charge is 0.261 e. The summed E-state index contributed by atoms with van der Waals surface area (Å²) >= 11 is 1.47. The fraction of sp³-hybridized carbons (Fsp3) is 0.321. The van der Waals surface area contributed by atoms with Gasteiger partial charge in [0, 0.05) is 24.5 Å². The number of aryl methyl sites for hydroxylation is 1. The van der Waals surface area contributed by atoms with Gasteiger partial charge in [0.05, 0.1) is 22.2 Å². The maximum atomic E-state index is 13.2. The summed E-state index contributed by atoms with van der Waals surface area (Å²) in [5, 5.41) is 8.87. The SMILES string of the molecule is CCC(C(=O)N1CCC(NC(=O)c2cc3c(C)nn(-c4ccccc4)c3s2)CC1)c1ccccc1. The molecule has 3 heterocycles. The molecule has 2 aromatic heterocycles. The van der Waals surface area contributed by atoms with Crippen LogP contribution in [0.2, 0.25) is 0 Å². The molecule has 1 N–H and O–H groups in total. The summed E-state index contributed by atoms with van der Waals surface area (Å²) in [6.07, 6.45) is 2.32. The number of benzene rings is 2. The van der Waals surface area contributed by atoms with Gasteiger partial charge in [-0.25, -0.2) is 4.68 Å². The van der Waals surface area contributed by atoms with E-state index in [-0.39, 0.29) is 23.8 Å². The molecular weight excluding hydrogens is 456 g/mol. The van der Waals surface area contributed by atoms with Gasteiger partial charge in [0.2, 0.25) is 5.91 Å². The van der Waals surface area contributed by atoms with Gasteiger partial charge in [-0.05, 0) is 49.9 Å². The van der Waals surface area contributed by atoms with Crippen molar-refractivity contribution in [1.82, 2.24) is 20.0 Å². The lowest BCUT2D eigenvalue weighted by atomic mass is 9.93. The number of aromatic nitrogens is 2. The minimum atomic E-state index is -0.103. The minimum absolute atomic E-state index is 0.0503. The molecule has 0 saturated carbocycles. The first-order valence-electron chi connectivity index (χ1n) is 12.2. The minimum Gasteiger partial charge on any atom is -0.348 e. The van der Waals surface area contributed by atoms with Crippen LogP contribution in [0.3, 0.4) is 0 Å². The quantitative estimate of drug-likeness (QED) is 0.402. The van der Waals surface area contributed by atoms with Crippen LogP contribution in [-0.4, -0.2) is 45.6 Å². The Hall–Kier alpha value is -3.45. The molecule has 1 aliphatic rings. The fourth-order valence-electron chi connectivity index (χ4n) is 4.86. The predicted molar refractivity (Wildman–Crippen MR) is 140 cm³/mol. The van der Waals surface area contributed by atoms with E-state index in [1.165, 1.54) is 11.3 Å². The molecule has 5 rings (SSSR count). The van der Waals surface area contributed by atoms with Crippen molar-refractivity contribution in [2.45, 2.75) is 45.1 Å². The molecule has 35 heavy (non-hydrogen) atoms.